The Labute approximate surface area is 291 Å². The maximum Gasteiger partial charge on any atom is 0.145 e. The van der Waals surface area contributed by atoms with Gasteiger partial charge in [-0.05, 0) is 75.2 Å². The molecule has 0 radical (unpaired) electrons. The van der Waals surface area contributed by atoms with Crippen molar-refractivity contribution in [3.8, 4) is 44.6 Å². The minimum absolute atomic E-state index is 0.296. The summed E-state index contributed by atoms with van der Waals surface area (Å²) in [5, 5.41) is 6.24. The summed E-state index contributed by atoms with van der Waals surface area (Å²) in [6, 6.07) is 57.7. The van der Waals surface area contributed by atoms with E-state index >= 15 is 0 Å². The van der Waals surface area contributed by atoms with Gasteiger partial charge in [0.1, 0.15) is 6.17 Å². The molecule has 236 valence electrons. The minimum atomic E-state index is -0.296. The number of aliphatic imine (C=N–C) groups is 1. The highest BCUT2D eigenvalue weighted by molar-refractivity contribution is 6.20. The van der Waals surface area contributed by atoms with Crippen molar-refractivity contribution < 1.29 is 0 Å². The molecule has 1 atom stereocenters. The third kappa shape index (κ3) is 5.63. The van der Waals surface area contributed by atoms with Gasteiger partial charge in [-0.15, -0.1) is 0 Å². The van der Waals surface area contributed by atoms with E-state index in [0.29, 0.717) is 0 Å². The van der Waals surface area contributed by atoms with Crippen LogP contribution < -0.4 is 5.32 Å². The first-order valence-electron chi connectivity index (χ1n) is 16.9. The molecule has 0 saturated heterocycles. The number of hydrogen-bond donors (Lipinski definition) is 1. The van der Waals surface area contributed by atoms with Gasteiger partial charge in [0.15, 0.2) is 0 Å². The molecule has 50 heavy (non-hydrogen) atoms. The minimum Gasteiger partial charge on any atom is -0.359 e. The Bertz CT molecular complexity index is 2470. The fourth-order valence-electron chi connectivity index (χ4n) is 6.87. The molecule has 0 aliphatic carbocycles. The Morgan fingerprint density at radius 2 is 1.12 bits per heavy atom. The summed E-state index contributed by atoms with van der Waals surface area (Å²) in [6.07, 6.45) is 5.28. The summed E-state index contributed by atoms with van der Waals surface area (Å²) >= 11 is 0. The summed E-state index contributed by atoms with van der Waals surface area (Å²) in [5.41, 5.74) is 14.2. The Hall–Kier alpha value is -6.65. The zero-order valence-corrected chi connectivity index (χ0v) is 27.2. The molecule has 6 aromatic carbocycles. The summed E-state index contributed by atoms with van der Waals surface area (Å²) in [6.45, 7) is 0. The number of pyridine rings is 2. The third-order valence-corrected chi connectivity index (χ3v) is 9.43. The first-order chi connectivity index (χ1) is 24.8. The molecule has 0 saturated carbocycles. The molecule has 1 aliphatic heterocycles. The second kappa shape index (κ2) is 12.8. The fourth-order valence-corrected chi connectivity index (χ4v) is 6.87. The number of nitrogens with zero attached hydrogens (tertiary/aromatic N) is 3. The quantitative estimate of drug-likeness (QED) is 0.197. The average molecular weight is 641 g/mol. The van der Waals surface area contributed by atoms with E-state index in [9.17, 15) is 0 Å². The number of benzene rings is 6. The van der Waals surface area contributed by atoms with E-state index in [1.165, 1.54) is 21.9 Å². The molecular formula is C46H32N4. The van der Waals surface area contributed by atoms with Crippen LogP contribution in [-0.4, -0.2) is 15.7 Å². The summed E-state index contributed by atoms with van der Waals surface area (Å²) in [4.78, 5) is 14.3. The van der Waals surface area contributed by atoms with E-state index in [1.807, 2.05) is 42.9 Å². The van der Waals surface area contributed by atoms with E-state index in [-0.39, 0.29) is 6.17 Å². The fraction of sp³-hybridized carbons (Fsp3) is 0.0217. The maximum absolute atomic E-state index is 5.41. The van der Waals surface area contributed by atoms with Crippen LogP contribution in [0, 0.1) is 0 Å². The number of fused-ring (bicyclic) bond motifs is 3. The number of hydrogen-bond acceptors (Lipinski definition) is 4. The summed E-state index contributed by atoms with van der Waals surface area (Å²) < 4.78 is 0. The van der Waals surface area contributed by atoms with Crippen LogP contribution in [0.5, 0.6) is 0 Å². The molecule has 0 fully saturated rings. The van der Waals surface area contributed by atoms with Crippen molar-refractivity contribution in [3.63, 3.8) is 0 Å². The molecule has 4 heteroatoms. The Morgan fingerprint density at radius 1 is 0.460 bits per heavy atom. The second-order valence-electron chi connectivity index (χ2n) is 12.6. The lowest BCUT2D eigenvalue weighted by molar-refractivity contribution is 0.831. The third-order valence-electron chi connectivity index (χ3n) is 9.43. The van der Waals surface area contributed by atoms with E-state index in [1.54, 1.807) is 0 Å². The Balaban J connectivity index is 1.13. The van der Waals surface area contributed by atoms with Crippen molar-refractivity contribution in [1.82, 2.24) is 9.97 Å². The van der Waals surface area contributed by atoms with Crippen LogP contribution in [0.15, 0.2) is 187 Å². The molecule has 1 aliphatic rings. The van der Waals surface area contributed by atoms with Gasteiger partial charge in [-0.25, -0.2) is 0 Å². The van der Waals surface area contributed by atoms with Crippen molar-refractivity contribution in [2.45, 2.75) is 6.17 Å². The number of aromatic nitrogens is 2. The molecule has 1 unspecified atom stereocenters. The van der Waals surface area contributed by atoms with Gasteiger partial charge in [0.25, 0.3) is 0 Å². The lowest BCUT2D eigenvalue weighted by Crippen LogP contribution is -2.21. The van der Waals surface area contributed by atoms with Gasteiger partial charge in [-0.2, -0.15) is 0 Å². The lowest BCUT2D eigenvalue weighted by atomic mass is 9.92. The number of rotatable bonds is 6. The molecule has 1 N–H and O–H groups in total. The van der Waals surface area contributed by atoms with Gasteiger partial charge in [-0.3, -0.25) is 15.0 Å². The van der Waals surface area contributed by atoms with E-state index < -0.39 is 0 Å². The smallest absolute Gasteiger partial charge is 0.145 e. The topological polar surface area (TPSA) is 50.2 Å². The first-order valence-corrected chi connectivity index (χ1v) is 16.9. The van der Waals surface area contributed by atoms with Gasteiger partial charge in [-0.1, -0.05) is 127 Å². The molecule has 0 spiro atoms. The van der Waals surface area contributed by atoms with Crippen LogP contribution in [0.1, 0.15) is 22.9 Å². The maximum atomic E-state index is 5.41. The normalized spacial score (nSPS) is 13.7. The van der Waals surface area contributed by atoms with Crippen LogP contribution in [0.25, 0.3) is 55.4 Å². The van der Waals surface area contributed by atoms with Crippen molar-refractivity contribution in [2.24, 2.45) is 4.99 Å². The number of nitrogens with one attached hydrogen (secondary N) is 1. The molecule has 4 nitrogen and oxygen atoms in total. The van der Waals surface area contributed by atoms with Gasteiger partial charge in [0.2, 0.25) is 0 Å². The molecular weight excluding hydrogens is 609 g/mol. The monoisotopic (exact) mass is 640 g/mol. The van der Waals surface area contributed by atoms with E-state index in [0.717, 1.165) is 61.6 Å². The lowest BCUT2D eigenvalue weighted by Gasteiger charge is -2.28. The molecule has 3 heterocycles. The molecule has 0 bridgehead atoms. The standard InChI is InChI=1S/C46H32N4/c1-2-10-36(11-3-1)44-42-24-23-34-9-4-5-13-41(34)45(42)50-46(49-44)40-28-38(27-39(29-40)37-12-8-25-47-30-37)33-17-15-31(16-18-33)32-19-21-35(22-20-32)43-14-6-7-26-48-43/h1-30,46,50H. The van der Waals surface area contributed by atoms with Crippen LogP contribution >= 0.6 is 0 Å². The molecule has 0 amide bonds. The molecule has 8 aromatic rings. The Kier molecular flexibility index (Phi) is 7.52. The second-order valence-corrected chi connectivity index (χ2v) is 12.6. The predicted molar refractivity (Wildman–Crippen MR) is 206 cm³/mol. The van der Waals surface area contributed by atoms with Crippen LogP contribution in [0.2, 0.25) is 0 Å². The summed E-state index contributed by atoms with van der Waals surface area (Å²) in [7, 11) is 0. The molecule has 2 aromatic heterocycles. The number of anilines is 1. The van der Waals surface area contributed by atoms with Gasteiger partial charge < -0.3 is 5.32 Å². The van der Waals surface area contributed by atoms with Crippen LogP contribution in [-0.2, 0) is 0 Å². The SMILES string of the molecule is c1ccc(C2=NC(c3cc(-c4ccc(-c5ccc(-c6ccccn6)cc5)cc4)cc(-c4cccnc4)c3)Nc3c2ccc2ccccc32)cc1. The first kappa shape index (κ1) is 29.5. The molecule has 9 rings (SSSR count). The largest absolute Gasteiger partial charge is 0.359 e. The van der Waals surface area contributed by atoms with Crippen molar-refractivity contribution in [3.05, 3.63) is 199 Å². The Morgan fingerprint density at radius 3 is 1.84 bits per heavy atom. The predicted octanol–water partition coefficient (Wildman–Crippen LogP) is 11.3. The highest BCUT2D eigenvalue weighted by atomic mass is 15.1. The highest BCUT2D eigenvalue weighted by Gasteiger charge is 2.25. The van der Waals surface area contributed by atoms with Crippen molar-refractivity contribution >= 4 is 22.2 Å². The van der Waals surface area contributed by atoms with Crippen LogP contribution in [0.4, 0.5) is 5.69 Å². The van der Waals surface area contributed by atoms with Gasteiger partial charge in [0, 0.05) is 46.2 Å². The summed E-state index contributed by atoms with van der Waals surface area (Å²) in [5.74, 6) is 0. The van der Waals surface area contributed by atoms with Crippen molar-refractivity contribution in [2.75, 3.05) is 5.32 Å². The zero-order valence-electron chi connectivity index (χ0n) is 27.2. The van der Waals surface area contributed by atoms with Crippen LogP contribution in [0.3, 0.4) is 0 Å². The zero-order chi connectivity index (χ0) is 33.3. The van der Waals surface area contributed by atoms with Crippen molar-refractivity contribution in [1.29, 1.82) is 0 Å². The van der Waals surface area contributed by atoms with E-state index in [4.69, 9.17) is 4.99 Å². The highest BCUT2D eigenvalue weighted by Crippen LogP contribution is 2.39. The van der Waals surface area contributed by atoms with Gasteiger partial charge >= 0.3 is 0 Å². The van der Waals surface area contributed by atoms with E-state index in [2.05, 4.69) is 155 Å². The van der Waals surface area contributed by atoms with Gasteiger partial charge in [0.05, 0.1) is 17.1 Å². The average Bonchev–Trinajstić information content (AvgIpc) is 3.21.